The second-order valence-corrected chi connectivity index (χ2v) is 7.95. The Morgan fingerprint density at radius 3 is 2.13 bits per heavy atom. The van der Waals surface area contributed by atoms with Crippen molar-refractivity contribution in [3.63, 3.8) is 0 Å². The molecule has 0 radical (unpaired) electrons. The molecule has 6 nitrogen and oxygen atoms in total. The summed E-state index contributed by atoms with van der Waals surface area (Å²) in [6, 6.07) is 10.8. The Morgan fingerprint density at radius 1 is 0.968 bits per heavy atom. The van der Waals surface area contributed by atoms with Crippen molar-refractivity contribution in [3.8, 4) is 22.6 Å². The lowest BCUT2D eigenvalue weighted by Crippen LogP contribution is -2.25. The molecule has 0 spiro atoms. The lowest BCUT2D eigenvalue weighted by molar-refractivity contribution is -0.144. The second-order valence-electron chi connectivity index (χ2n) is 7.95. The van der Waals surface area contributed by atoms with Crippen LogP contribution in [0.1, 0.15) is 34.1 Å². The van der Waals surface area contributed by atoms with Crippen LogP contribution in [0.4, 0.5) is 4.39 Å². The third-order valence-corrected chi connectivity index (χ3v) is 4.05. The topological polar surface area (TPSA) is 78.9 Å². The summed E-state index contributed by atoms with van der Waals surface area (Å²) >= 11 is 0. The van der Waals surface area contributed by atoms with E-state index in [0.717, 1.165) is 0 Å². The van der Waals surface area contributed by atoms with Gasteiger partial charge >= 0.3 is 17.9 Å². The fourth-order valence-electron chi connectivity index (χ4n) is 2.26. The summed E-state index contributed by atoms with van der Waals surface area (Å²) in [5.74, 6) is -2.14. The predicted octanol–water partition coefficient (Wildman–Crippen LogP) is 4.86. The van der Waals surface area contributed by atoms with E-state index < -0.39 is 29.1 Å². The van der Waals surface area contributed by atoms with Crippen molar-refractivity contribution in [3.05, 3.63) is 60.4 Å². The minimum atomic E-state index is -0.745. The normalized spacial score (nSPS) is 10.9. The van der Waals surface area contributed by atoms with Crippen molar-refractivity contribution in [2.45, 2.75) is 34.1 Å². The molecule has 0 aliphatic carbocycles. The molecule has 0 fully saturated rings. The number of halogens is 1. The van der Waals surface area contributed by atoms with Gasteiger partial charge in [0.05, 0.1) is 11.8 Å². The maximum atomic E-state index is 14.4. The standard InChI is InChI=1S/C24H25FO6/c1-15(2)22(27)29-13-12-21(26)30-18-9-6-16(7-10-18)17-8-11-20(19(25)14-17)31-23(28)24(3,4)5/h6-11,14H,1,12-13H2,2-5H3. The number of esters is 3. The van der Waals surface area contributed by atoms with Crippen molar-refractivity contribution in [2.75, 3.05) is 6.61 Å². The fourth-order valence-corrected chi connectivity index (χ4v) is 2.26. The van der Waals surface area contributed by atoms with E-state index in [-0.39, 0.29) is 24.4 Å². The van der Waals surface area contributed by atoms with Crippen LogP contribution in [-0.2, 0) is 19.1 Å². The van der Waals surface area contributed by atoms with Crippen LogP contribution in [0.5, 0.6) is 11.5 Å². The van der Waals surface area contributed by atoms with Crippen LogP contribution in [0, 0.1) is 11.2 Å². The van der Waals surface area contributed by atoms with Crippen LogP contribution in [0.15, 0.2) is 54.6 Å². The quantitative estimate of drug-likeness (QED) is 0.356. The molecule has 7 heteroatoms. The lowest BCUT2D eigenvalue weighted by Gasteiger charge is -2.16. The molecule has 164 valence electrons. The van der Waals surface area contributed by atoms with Crippen LogP contribution in [0.25, 0.3) is 11.1 Å². The first-order valence-corrected chi connectivity index (χ1v) is 9.63. The molecular formula is C24H25FO6. The molecule has 0 aromatic heterocycles. The van der Waals surface area contributed by atoms with E-state index in [1.807, 2.05) is 0 Å². The number of carbonyl (C=O) groups excluding carboxylic acids is 3. The third kappa shape index (κ3) is 7.06. The van der Waals surface area contributed by atoms with Gasteiger partial charge in [-0.25, -0.2) is 9.18 Å². The van der Waals surface area contributed by atoms with Crippen molar-refractivity contribution < 1.29 is 33.0 Å². The van der Waals surface area contributed by atoms with Crippen molar-refractivity contribution in [1.82, 2.24) is 0 Å². The zero-order chi connectivity index (χ0) is 23.2. The molecule has 0 unspecified atom stereocenters. The summed E-state index contributed by atoms with van der Waals surface area (Å²) in [5, 5.41) is 0. The van der Waals surface area contributed by atoms with Gasteiger partial charge in [0.25, 0.3) is 0 Å². The average molecular weight is 428 g/mol. The van der Waals surface area contributed by atoms with Gasteiger partial charge < -0.3 is 14.2 Å². The van der Waals surface area contributed by atoms with Gasteiger partial charge in [0.1, 0.15) is 12.4 Å². The molecule has 0 heterocycles. The minimum Gasteiger partial charge on any atom is -0.462 e. The van der Waals surface area contributed by atoms with Crippen LogP contribution in [0.3, 0.4) is 0 Å². The molecule has 2 aromatic carbocycles. The Balaban J connectivity index is 1.97. The predicted molar refractivity (Wildman–Crippen MR) is 113 cm³/mol. The highest BCUT2D eigenvalue weighted by Crippen LogP contribution is 2.28. The molecule has 0 saturated carbocycles. The van der Waals surface area contributed by atoms with Crippen molar-refractivity contribution in [1.29, 1.82) is 0 Å². The first-order chi connectivity index (χ1) is 14.5. The SMILES string of the molecule is C=C(C)C(=O)OCCC(=O)Oc1ccc(-c2ccc(OC(=O)C(C)(C)C)c(F)c2)cc1. The molecular weight excluding hydrogens is 403 g/mol. The number of ether oxygens (including phenoxy) is 3. The molecule has 0 aliphatic heterocycles. The van der Waals surface area contributed by atoms with Gasteiger partial charge in [-0.2, -0.15) is 0 Å². The highest BCUT2D eigenvalue weighted by molar-refractivity contribution is 5.87. The fraction of sp³-hybridized carbons (Fsp3) is 0.292. The molecule has 2 rings (SSSR count). The number of benzene rings is 2. The van der Waals surface area contributed by atoms with Gasteiger partial charge in [-0.05, 0) is 63.1 Å². The molecule has 2 aromatic rings. The molecule has 0 bridgehead atoms. The van der Waals surface area contributed by atoms with E-state index in [9.17, 15) is 18.8 Å². The van der Waals surface area contributed by atoms with Crippen LogP contribution in [0.2, 0.25) is 0 Å². The summed E-state index contributed by atoms with van der Waals surface area (Å²) in [5.41, 5.74) is 0.756. The average Bonchev–Trinajstić information content (AvgIpc) is 2.69. The Kier molecular flexibility index (Phi) is 7.69. The van der Waals surface area contributed by atoms with Crippen molar-refractivity contribution in [2.24, 2.45) is 5.41 Å². The number of rotatable bonds is 7. The largest absolute Gasteiger partial charge is 0.462 e. The van der Waals surface area contributed by atoms with E-state index in [1.165, 1.54) is 19.1 Å². The second kappa shape index (κ2) is 10.0. The minimum absolute atomic E-state index is 0.0965. The van der Waals surface area contributed by atoms with E-state index in [0.29, 0.717) is 16.9 Å². The molecule has 0 amide bonds. The van der Waals surface area contributed by atoms with E-state index in [1.54, 1.807) is 51.1 Å². The molecule has 31 heavy (non-hydrogen) atoms. The van der Waals surface area contributed by atoms with Crippen LogP contribution in [-0.4, -0.2) is 24.5 Å². The zero-order valence-corrected chi connectivity index (χ0v) is 18.0. The Hall–Kier alpha value is -3.48. The lowest BCUT2D eigenvalue weighted by atomic mass is 9.97. The Morgan fingerprint density at radius 2 is 1.58 bits per heavy atom. The number of carbonyl (C=O) groups is 3. The monoisotopic (exact) mass is 428 g/mol. The smallest absolute Gasteiger partial charge is 0.333 e. The number of hydrogen-bond acceptors (Lipinski definition) is 6. The van der Waals surface area contributed by atoms with E-state index in [4.69, 9.17) is 14.2 Å². The van der Waals surface area contributed by atoms with Crippen LogP contribution < -0.4 is 9.47 Å². The number of hydrogen-bond donors (Lipinski definition) is 0. The van der Waals surface area contributed by atoms with E-state index in [2.05, 4.69) is 6.58 Å². The molecule has 0 atom stereocenters. The maximum Gasteiger partial charge on any atom is 0.333 e. The van der Waals surface area contributed by atoms with Crippen LogP contribution >= 0.6 is 0 Å². The van der Waals surface area contributed by atoms with E-state index >= 15 is 0 Å². The van der Waals surface area contributed by atoms with Gasteiger partial charge in [0.15, 0.2) is 11.6 Å². The zero-order valence-electron chi connectivity index (χ0n) is 18.0. The summed E-state index contributed by atoms with van der Waals surface area (Å²) in [6.07, 6.45) is -0.0965. The first-order valence-electron chi connectivity index (χ1n) is 9.63. The highest BCUT2D eigenvalue weighted by Gasteiger charge is 2.24. The Bertz CT molecular complexity index is 986. The molecule has 0 saturated heterocycles. The van der Waals surface area contributed by atoms with Gasteiger partial charge in [0.2, 0.25) is 0 Å². The maximum absolute atomic E-state index is 14.4. The van der Waals surface area contributed by atoms with Gasteiger partial charge in [0, 0.05) is 5.57 Å². The molecule has 0 aliphatic rings. The summed E-state index contributed by atoms with van der Waals surface area (Å²) in [6.45, 7) is 9.92. The third-order valence-electron chi connectivity index (χ3n) is 4.05. The van der Waals surface area contributed by atoms with Gasteiger partial charge in [-0.1, -0.05) is 24.8 Å². The van der Waals surface area contributed by atoms with Gasteiger partial charge in [-0.15, -0.1) is 0 Å². The van der Waals surface area contributed by atoms with Gasteiger partial charge in [-0.3, -0.25) is 9.59 Å². The van der Waals surface area contributed by atoms with Crippen molar-refractivity contribution >= 4 is 17.9 Å². The summed E-state index contributed by atoms with van der Waals surface area (Å²) < 4.78 is 29.5. The molecule has 0 N–H and O–H groups in total. The summed E-state index contributed by atoms with van der Waals surface area (Å²) in [7, 11) is 0. The summed E-state index contributed by atoms with van der Waals surface area (Å²) in [4.78, 5) is 35.0. The highest BCUT2D eigenvalue weighted by atomic mass is 19.1. The first kappa shape index (κ1) is 23.8. The Labute approximate surface area is 180 Å².